The molecule has 0 aromatic rings. The van der Waals surface area contributed by atoms with Crippen molar-refractivity contribution in [3.8, 4) is 0 Å². The van der Waals surface area contributed by atoms with Crippen LogP contribution in [-0.2, 0) is 0 Å². The van der Waals surface area contributed by atoms with Gasteiger partial charge in [-0.2, -0.15) is 11.8 Å². The Morgan fingerprint density at radius 3 is 2.31 bits per heavy atom. The minimum absolute atomic E-state index is 0.290. The van der Waals surface area contributed by atoms with E-state index in [2.05, 4.69) is 32.3 Å². The summed E-state index contributed by atoms with van der Waals surface area (Å²) in [5.41, 5.74) is 0. The van der Waals surface area contributed by atoms with Crippen LogP contribution in [0.25, 0.3) is 0 Å². The summed E-state index contributed by atoms with van der Waals surface area (Å²) in [6.45, 7) is 7.11. The van der Waals surface area contributed by atoms with Crippen molar-refractivity contribution in [1.82, 2.24) is 5.32 Å². The number of rotatable bonds is 10. The molecule has 0 saturated heterocycles. The number of aliphatic hydroxyl groups is 1. The molecule has 0 aromatic carbocycles. The third kappa shape index (κ3) is 7.53. The van der Waals surface area contributed by atoms with Gasteiger partial charge in [0.1, 0.15) is 0 Å². The van der Waals surface area contributed by atoms with Crippen LogP contribution in [0.2, 0.25) is 0 Å². The van der Waals surface area contributed by atoms with Crippen LogP contribution in [0.3, 0.4) is 0 Å². The van der Waals surface area contributed by atoms with E-state index in [4.69, 9.17) is 5.11 Å². The number of thioether (sulfide) groups is 1. The summed E-state index contributed by atoms with van der Waals surface area (Å²) < 4.78 is 0. The second-order valence-electron chi connectivity index (χ2n) is 4.69. The molecule has 0 saturated carbocycles. The van der Waals surface area contributed by atoms with Gasteiger partial charge in [-0.3, -0.25) is 0 Å². The minimum Gasteiger partial charge on any atom is -0.396 e. The molecule has 0 aromatic heterocycles. The Bertz CT molecular complexity index is 149. The zero-order valence-corrected chi connectivity index (χ0v) is 12.1. The van der Waals surface area contributed by atoms with Gasteiger partial charge in [0.15, 0.2) is 0 Å². The van der Waals surface area contributed by atoms with E-state index >= 15 is 0 Å². The molecule has 0 heterocycles. The van der Waals surface area contributed by atoms with E-state index in [-0.39, 0.29) is 6.61 Å². The van der Waals surface area contributed by atoms with Gasteiger partial charge in [-0.1, -0.05) is 27.2 Å². The van der Waals surface area contributed by atoms with Crippen molar-refractivity contribution in [2.75, 3.05) is 18.6 Å². The van der Waals surface area contributed by atoms with E-state index in [1.807, 2.05) is 11.8 Å². The minimum atomic E-state index is 0.290. The Hall–Kier alpha value is 0.270. The molecule has 3 atom stereocenters. The van der Waals surface area contributed by atoms with E-state index in [9.17, 15) is 0 Å². The summed E-state index contributed by atoms with van der Waals surface area (Å²) in [5.74, 6) is 1.89. The molecule has 2 nitrogen and oxygen atoms in total. The SMILES string of the molecule is CCC(C)CC(CC)NC(CCO)CSC. The molecule has 3 unspecified atom stereocenters. The van der Waals surface area contributed by atoms with Crippen LogP contribution in [-0.4, -0.2) is 35.8 Å². The standard InChI is InChI=1S/C13H29NOS/c1-5-11(3)9-12(6-2)14-13(7-8-15)10-16-4/h11-15H,5-10H2,1-4H3. The Morgan fingerprint density at radius 1 is 1.19 bits per heavy atom. The first-order chi connectivity index (χ1) is 7.67. The van der Waals surface area contributed by atoms with Gasteiger partial charge in [0.05, 0.1) is 0 Å². The van der Waals surface area contributed by atoms with Crippen LogP contribution in [0.5, 0.6) is 0 Å². The second kappa shape index (κ2) is 10.4. The van der Waals surface area contributed by atoms with Crippen LogP contribution in [0.1, 0.15) is 46.5 Å². The smallest absolute Gasteiger partial charge is 0.0446 e. The van der Waals surface area contributed by atoms with Crippen LogP contribution < -0.4 is 5.32 Å². The van der Waals surface area contributed by atoms with Crippen LogP contribution in [0, 0.1) is 5.92 Å². The van der Waals surface area contributed by atoms with Gasteiger partial charge >= 0.3 is 0 Å². The van der Waals surface area contributed by atoms with Gasteiger partial charge in [-0.25, -0.2) is 0 Å². The monoisotopic (exact) mass is 247 g/mol. The second-order valence-corrected chi connectivity index (χ2v) is 5.60. The summed E-state index contributed by atoms with van der Waals surface area (Å²) in [6.07, 6.45) is 6.69. The lowest BCUT2D eigenvalue weighted by atomic mass is 9.97. The van der Waals surface area contributed by atoms with Crippen LogP contribution in [0.15, 0.2) is 0 Å². The summed E-state index contributed by atoms with van der Waals surface area (Å²) in [7, 11) is 0. The van der Waals surface area contributed by atoms with E-state index in [1.165, 1.54) is 19.3 Å². The predicted octanol–water partition coefficient (Wildman–Crippen LogP) is 2.90. The highest BCUT2D eigenvalue weighted by molar-refractivity contribution is 7.98. The molecule has 0 fully saturated rings. The summed E-state index contributed by atoms with van der Waals surface area (Å²) >= 11 is 1.85. The highest BCUT2D eigenvalue weighted by atomic mass is 32.2. The third-order valence-electron chi connectivity index (χ3n) is 3.19. The van der Waals surface area contributed by atoms with Crippen molar-refractivity contribution in [3.63, 3.8) is 0 Å². The molecule has 98 valence electrons. The highest BCUT2D eigenvalue weighted by Crippen LogP contribution is 2.14. The van der Waals surface area contributed by atoms with Gasteiger partial charge in [0.25, 0.3) is 0 Å². The maximum atomic E-state index is 9.03. The van der Waals surface area contributed by atoms with Gasteiger partial charge in [-0.05, 0) is 31.4 Å². The van der Waals surface area contributed by atoms with Gasteiger partial charge in [-0.15, -0.1) is 0 Å². The maximum Gasteiger partial charge on any atom is 0.0446 e. The number of aliphatic hydroxyl groups excluding tert-OH is 1. The van der Waals surface area contributed by atoms with Crippen molar-refractivity contribution in [2.45, 2.75) is 58.5 Å². The molecule has 3 heteroatoms. The van der Waals surface area contributed by atoms with E-state index < -0.39 is 0 Å². The number of hydrogen-bond acceptors (Lipinski definition) is 3. The fraction of sp³-hybridized carbons (Fsp3) is 1.00. The maximum absolute atomic E-state index is 9.03. The Kier molecular flexibility index (Phi) is 10.6. The topological polar surface area (TPSA) is 32.3 Å². The molecular formula is C13H29NOS. The van der Waals surface area contributed by atoms with Crippen molar-refractivity contribution < 1.29 is 5.11 Å². The average molecular weight is 247 g/mol. The molecule has 2 N–H and O–H groups in total. The molecule has 16 heavy (non-hydrogen) atoms. The lowest BCUT2D eigenvalue weighted by molar-refractivity contribution is 0.257. The third-order valence-corrected chi connectivity index (χ3v) is 3.93. The molecule has 0 bridgehead atoms. The normalized spacial score (nSPS) is 17.1. The molecule has 0 rings (SSSR count). The molecule has 0 aliphatic heterocycles. The molecule has 0 spiro atoms. The average Bonchev–Trinajstić information content (AvgIpc) is 2.28. The Morgan fingerprint density at radius 2 is 1.88 bits per heavy atom. The quantitative estimate of drug-likeness (QED) is 0.622. The fourth-order valence-corrected chi connectivity index (χ4v) is 2.58. The van der Waals surface area contributed by atoms with Crippen LogP contribution >= 0.6 is 11.8 Å². The first kappa shape index (κ1) is 16.3. The molecule has 0 aliphatic carbocycles. The first-order valence-electron chi connectivity index (χ1n) is 6.53. The molecule has 0 aliphatic rings. The van der Waals surface area contributed by atoms with Crippen molar-refractivity contribution in [2.24, 2.45) is 5.92 Å². The summed E-state index contributed by atoms with van der Waals surface area (Å²) in [4.78, 5) is 0. The summed E-state index contributed by atoms with van der Waals surface area (Å²) in [5, 5.41) is 12.7. The lowest BCUT2D eigenvalue weighted by Gasteiger charge is -2.26. The molecule has 0 amide bonds. The Balaban J connectivity index is 4.03. The largest absolute Gasteiger partial charge is 0.396 e. The highest BCUT2D eigenvalue weighted by Gasteiger charge is 2.15. The van der Waals surface area contributed by atoms with Crippen molar-refractivity contribution in [1.29, 1.82) is 0 Å². The fourth-order valence-electron chi connectivity index (χ4n) is 1.91. The van der Waals surface area contributed by atoms with E-state index in [1.54, 1.807) is 0 Å². The van der Waals surface area contributed by atoms with Gasteiger partial charge < -0.3 is 10.4 Å². The zero-order chi connectivity index (χ0) is 12.4. The Labute approximate surface area is 106 Å². The summed E-state index contributed by atoms with van der Waals surface area (Å²) in [6, 6.07) is 1.08. The number of hydrogen-bond donors (Lipinski definition) is 2. The molecule has 0 radical (unpaired) electrons. The predicted molar refractivity (Wildman–Crippen MR) is 75.2 cm³/mol. The van der Waals surface area contributed by atoms with Crippen LogP contribution in [0.4, 0.5) is 0 Å². The zero-order valence-electron chi connectivity index (χ0n) is 11.3. The number of nitrogens with one attached hydrogen (secondary N) is 1. The lowest BCUT2D eigenvalue weighted by Crippen LogP contribution is -2.41. The van der Waals surface area contributed by atoms with Crippen molar-refractivity contribution in [3.05, 3.63) is 0 Å². The van der Waals surface area contributed by atoms with E-state index in [0.29, 0.717) is 12.1 Å². The van der Waals surface area contributed by atoms with Gasteiger partial charge in [0, 0.05) is 24.4 Å². The van der Waals surface area contributed by atoms with Crippen molar-refractivity contribution >= 4 is 11.8 Å². The van der Waals surface area contributed by atoms with Gasteiger partial charge in [0.2, 0.25) is 0 Å². The first-order valence-corrected chi connectivity index (χ1v) is 7.93. The molecular weight excluding hydrogens is 218 g/mol. The van der Waals surface area contributed by atoms with E-state index in [0.717, 1.165) is 18.1 Å².